The average Bonchev–Trinajstić information content (AvgIpc) is 2.93. The molecule has 0 atom stereocenters. The molecule has 0 aliphatic heterocycles. The SMILES string of the molecule is CCc1ccc(S(=O)(=O)N(C)c2ccc3nc(C)[nH]c3c2)cc1. The van der Waals surface area contributed by atoms with Crippen LogP contribution < -0.4 is 4.31 Å². The summed E-state index contributed by atoms with van der Waals surface area (Å²) in [4.78, 5) is 7.75. The molecule has 0 unspecified atom stereocenters. The lowest BCUT2D eigenvalue weighted by Gasteiger charge is -2.19. The van der Waals surface area contributed by atoms with Gasteiger partial charge in [-0.1, -0.05) is 19.1 Å². The number of rotatable bonds is 4. The molecular weight excluding hydrogens is 310 g/mol. The van der Waals surface area contributed by atoms with Crippen molar-refractivity contribution in [3.05, 3.63) is 53.9 Å². The number of anilines is 1. The maximum atomic E-state index is 12.8. The minimum atomic E-state index is -3.58. The van der Waals surface area contributed by atoms with Crippen molar-refractivity contribution in [2.45, 2.75) is 25.2 Å². The van der Waals surface area contributed by atoms with Gasteiger partial charge < -0.3 is 4.98 Å². The lowest BCUT2D eigenvalue weighted by molar-refractivity contribution is 0.594. The molecule has 0 saturated heterocycles. The van der Waals surface area contributed by atoms with E-state index in [1.807, 2.05) is 32.0 Å². The topological polar surface area (TPSA) is 66.1 Å². The second kappa shape index (κ2) is 5.70. The Morgan fingerprint density at radius 2 is 1.83 bits per heavy atom. The number of hydrogen-bond donors (Lipinski definition) is 1. The van der Waals surface area contributed by atoms with Crippen LogP contribution in [0.2, 0.25) is 0 Å². The number of aryl methyl sites for hydroxylation is 2. The molecule has 0 radical (unpaired) electrons. The highest BCUT2D eigenvalue weighted by Crippen LogP contribution is 2.25. The van der Waals surface area contributed by atoms with E-state index in [1.54, 1.807) is 31.3 Å². The highest BCUT2D eigenvalue weighted by Gasteiger charge is 2.21. The Kier molecular flexibility index (Phi) is 3.85. The predicted octanol–water partition coefficient (Wildman–Crippen LogP) is 3.26. The second-order valence-corrected chi connectivity index (χ2v) is 7.46. The van der Waals surface area contributed by atoms with Gasteiger partial charge in [0.2, 0.25) is 0 Å². The molecule has 120 valence electrons. The smallest absolute Gasteiger partial charge is 0.264 e. The fraction of sp³-hybridized carbons (Fsp3) is 0.235. The highest BCUT2D eigenvalue weighted by atomic mass is 32.2. The van der Waals surface area contributed by atoms with Crippen LogP contribution >= 0.6 is 0 Å². The first-order valence-electron chi connectivity index (χ1n) is 7.46. The van der Waals surface area contributed by atoms with Crippen molar-refractivity contribution in [1.29, 1.82) is 0 Å². The van der Waals surface area contributed by atoms with Gasteiger partial charge in [0.25, 0.3) is 10.0 Å². The van der Waals surface area contributed by atoms with Gasteiger partial charge in [-0.15, -0.1) is 0 Å². The molecule has 0 aliphatic rings. The molecule has 1 N–H and O–H groups in total. The van der Waals surface area contributed by atoms with Gasteiger partial charge in [-0.05, 0) is 49.2 Å². The molecule has 23 heavy (non-hydrogen) atoms. The maximum absolute atomic E-state index is 12.8. The quantitative estimate of drug-likeness (QED) is 0.799. The zero-order chi connectivity index (χ0) is 16.6. The minimum absolute atomic E-state index is 0.290. The van der Waals surface area contributed by atoms with Gasteiger partial charge >= 0.3 is 0 Å². The predicted molar refractivity (Wildman–Crippen MR) is 92.2 cm³/mol. The summed E-state index contributed by atoms with van der Waals surface area (Å²) in [7, 11) is -2.02. The zero-order valence-corrected chi connectivity index (χ0v) is 14.2. The van der Waals surface area contributed by atoms with Crippen LogP contribution in [0, 0.1) is 6.92 Å². The van der Waals surface area contributed by atoms with Gasteiger partial charge in [0.1, 0.15) is 5.82 Å². The summed E-state index contributed by atoms with van der Waals surface area (Å²) in [5.41, 5.74) is 3.36. The lowest BCUT2D eigenvalue weighted by atomic mass is 10.2. The molecule has 5 nitrogen and oxygen atoms in total. The number of aromatic nitrogens is 2. The third kappa shape index (κ3) is 2.82. The fourth-order valence-corrected chi connectivity index (χ4v) is 3.70. The molecule has 1 aromatic heterocycles. The minimum Gasteiger partial charge on any atom is -0.342 e. The first kappa shape index (κ1) is 15.6. The Morgan fingerprint density at radius 1 is 1.13 bits per heavy atom. The maximum Gasteiger partial charge on any atom is 0.264 e. The van der Waals surface area contributed by atoms with Gasteiger partial charge in [-0.25, -0.2) is 13.4 Å². The van der Waals surface area contributed by atoms with E-state index in [-0.39, 0.29) is 4.90 Å². The third-order valence-electron chi connectivity index (χ3n) is 3.94. The van der Waals surface area contributed by atoms with Crippen LogP contribution in [0.25, 0.3) is 11.0 Å². The zero-order valence-electron chi connectivity index (χ0n) is 13.4. The van der Waals surface area contributed by atoms with Gasteiger partial charge in [0.05, 0.1) is 21.6 Å². The number of hydrogen-bond acceptors (Lipinski definition) is 3. The van der Waals surface area contributed by atoms with E-state index in [9.17, 15) is 8.42 Å². The largest absolute Gasteiger partial charge is 0.342 e. The number of fused-ring (bicyclic) bond motifs is 1. The number of H-pyrrole nitrogens is 1. The first-order valence-corrected chi connectivity index (χ1v) is 8.90. The molecule has 0 aliphatic carbocycles. The summed E-state index contributed by atoms with van der Waals surface area (Å²) in [5.74, 6) is 0.804. The standard InChI is InChI=1S/C17H19N3O2S/c1-4-13-5-8-15(9-6-13)23(21,22)20(3)14-7-10-16-17(11-14)19-12(2)18-16/h5-11H,4H2,1-3H3,(H,18,19). The fourth-order valence-electron chi connectivity index (χ4n) is 2.52. The van der Waals surface area contributed by atoms with Crippen LogP contribution in [-0.2, 0) is 16.4 Å². The van der Waals surface area contributed by atoms with Gasteiger partial charge in [0.15, 0.2) is 0 Å². The Balaban J connectivity index is 1.99. The molecule has 0 fully saturated rings. The molecule has 2 aromatic carbocycles. The molecule has 1 heterocycles. The Bertz CT molecular complexity index is 944. The van der Waals surface area contributed by atoms with Crippen LogP contribution in [0.3, 0.4) is 0 Å². The molecule has 3 rings (SSSR count). The summed E-state index contributed by atoms with van der Waals surface area (Å²) in [6, 6.07) is 12.4. The van der Waals surface area contributed by atoms with Crippen molar-refractivity contribution in [2.75, 3.05) is 11.4 Å². The number of imidazole rings is 1. The van der Waals surface area contributed by atoms with Gasteiger partial charge in [-0.3, -0.25) is 4.31 Å². The van der Waals surface area contributed by atoms with Crippen molar-refractivity contribution < 1.29 is 8.42 Å². The number of sulfonamides is 1. The summed E-state index contributed by atoms with van der Waals surface area (Å²) >= 11 is 0. The van der Waals surface area contributed by atoms with E-state index in [2.05, 4.69) is 9.97 Å². The van der Waals surface area contributed by atoms with E-state index in [0.29, 0.717) is 5.69 Å². The molecule has 0 bridgehead atoms. The Hall–Kier alpha value is -2.34. The van der Waals surface area contributed by atoms with E-state index < -0.39 is 10.0 Å². The number of nitrogens with one attached hydrogen (secondary N) is 1. The van der Waals surface area contributed by atoms with Crippen LogP contribution in [0.5, 0.6) is 0 Å². The molecule has 0 saturated carbocycles. The lowest BCUT2D eigenvalue weighted by Crippen LogP contribution is -2.26. The monoisotopic (exact) mass is 329 g/mol. The molecule has 0 spiro atoms. The third-order valence-corrected chi connectivity index (χ3v) is 5.74. The van der Waals surface area contributed by atoms with Gasteiger partial charge in [0, 0.05) is 7.05 Å². The highest BCUT2D eigenvalue weighted by molar-refractivity contribution is 7.92. The molecule has 3 aromatic rings. The van der Waals surface area contributed by atoms with Crippen LogP contribution in [0.4, 0.5) is 5.69 Å². The Labute approximate surface area is 136 Å². The van der Waals surface area contributed by atoms with Crippen molar-refractivity contribution >= 4 is 26.7 Å². The van der Waals surface area contributed by atoms with Crippen molar-refractivity contribution in [3.8, 4) is 0 Å². The summed E-state index contributed by atoms with van der Waals surface area (Å²) in [6.07, 6.45) is 0.881. The van der Waals surface area contributed by atoms with Crippen molar-refractivity contribution in [3.63, 3.8) is 0 Å². The van der Waals surface area contributed by atoms with Crippen LogP contribution in [0.15, 0.2) is 47.4 Å². The van der Waals surface area contributed by atoms with Crippen molar-refractivity contribution in [1.82, 2.24) is 9.97 Å². The van der Waals surface area contributed by atoms with Gasteiger partial charge in [-0.2, -0.15) is 0 Å². The van der Waals surface area contributed by atoms with Crippen LogP contribution in [0.1, 0.15) is 18.3 Å². The van der Waals surface area contributed by atoms with Crippen molar-refractivity contribution in [2.24, 2.45) is 0 Å². The summed E-state index contributed by atoms with van der Waals surface area (Å²) in [5, 5.41) is 0. The first-order chi connectivity index (χ1) is 10.9. The number of benzene rings is 2. The number of nitrogens with zero attached hydrogens (tertiary/aromatic N) is 2. The summed E-state index contributed by atoms with van der Waals surface area (Å²) < 4.78 is 26.8. The molecule has 0 amide bonds. The average molecular weight is 329 g/mol. The van der Waals surface area contributed by atoms with E-state index in [1.165, 1.54) is 4.31 Å². The molecule has 6 heteroatoms. The Morgan fingerprint density at radius 3 is 2.48 bits per heavy atom. The van der Waals surface area contributed by atoms with E-state index in [0.717, 1.165) is 28.8 Å². The molecular formula is C17H19N3O2S. The number of aromatic amines is 1. The van der Waals surface area contributed by atoms with Crippen LogP contribution in [-0.4, -0.2) is 25.4 Å². The normalized spacial score (nSPS) is 11.8. The van der Waals surface area contributed by atoms with E-state index in [4.69, 9.17) is 0 Å². The summed E-state index contributed by atoms with van der Waals surface area (Å²) in [6.45, 7) is 3.91. The van der Waals surface area contributed by atoms with E-state index >= 15 is 0 Å². The second-order valence-electron chi connectivity index (χ2n) is 5.49.